The first-order valence-electron chi connectivity index (χ1n) is 15.8. The molecule has 3 N–H and O–H groups in total. The summed E-state index contributed by atoms with van der Waals surface area (Å²) >= 11 is 0. The first kappa shape index (κ1) is 30.6. The number of aliphatic hydroxyl groups is 1. The normalized spacial score (nSPS) is 39.0. The smallest absolute Gasteiger partial charge is 0.326 e. The lowest BCUT2D eigenvalue weighted by atomic mass is 9.46. The highest BCUT2D eigenvalue weighted by atomic mass is 16.6. The van der Waals surface area contributed by atoms with Crippen LogP contribution in [0, 0.1) is 46.8 Å². The minimum atomic E-state index is -1.02. The third kappa shape index (κ3) is 5.04. The zero-order valence-electron chi connectivity index (χ0n) is 25.5. The van der Waals surface area contributed by atoms with Crippen molar-refractivity contribution in [2.24, 2.45) is 39.7 Å². The largest absolute Gasteiger partial charge is 0.480 e. The van der Waals surface area contributed by atoms with E-state index in [0.717, 1.165) is 50.7 Å². The number of nitrogens with one attached hydrogen (secondary N) is 1. The number of terminal acetylenes is 1. The summed E-state index contributed by atoms with van der Waals surface area (Å²) in [5.41, 5.74) is 1.12. The highest BCUT2D eigenvalue weighted by molar-refractivity contribution is 5.96. The molecule has 1 heterocycles. The average molecular weight is 582 g/mol. The second-order valence-corrected chi connectivity index (χ2v) is 14.2. The van der Waals surface area contributed by atoms with Crippen LogP contribution in [0.5, 0.6) is 0 Å². The van der Waals surface area contributed by atoms with Crippen molar-refractivity contribution in [2.45, 2.75) is 110 Å². The minimum absolute atomic E-state index is 0.0890. The van der Waals surface area contributed by atoms with Gasteiger partial charge in [-0.15, -0.1) is 6.42 Å². The number of hydrogen-bond acceptors (Lipinski definition) is 6. The summed E-state index contributed by atoms with van der Waals surface area (Å²) in [6.07, 6.45) is 16.6. The number of allylic oxidation sites excluding steroid dienone is 2. The van der Waals surface area contributed by atoms with Gasteiger partial charge in [-0.25, -0.2) is 4.79 Å². The molecule has 1 saturated heterocycles. The Balaban J connectivity index is 1.19. The van der Waals surface area contributed by atoms with Crippen molar-refractivity contribution in [3.05, 3.63) is 11.6 Å². The van der Waals surface area contributed by atoms with Crippen molar-refractivity contribution in [2.75, 3.05) is 13.2 Å². The molecule has 0 aromatic heterocycles. The highest BCUT2D eigenvalue weighted by Crippen LogP contribution is 2.67. The van der Waals surface area contributed by atoms with E-state index in [2.05, 4.69) is 36.3 Å². The van der Waals surface area contributed by atoms with Crippen LogP contribution in [0.1, 0.15) is 91.9 Å². The maximum atomic E-state index is 13.1. The quantitative estimate of drug-likeness (QED) is 0.309. The topological polar surface area (TPSA) is 129 Å². The monoisotopic (exact) mass is 581 g/mol. The number of carboxylic acids is 1. The predicted octanol–water partition coefficient (Wildman–Crippen LogP) is 3.90. The molecular formula is C33H47N3O6. The first-order valence-corrected chi connectivity index (χ1v) is 15.8. The summed E-state index contributed by atoms with van der Waals surface area (Å²) in [6, 6.07) is -1.67. The number of hydrogen-bond donors (Lipinski definition) is 3. The third-order valence-electron chi connectivity index (χ3n) is 11.8. The van der Waals surface area contributed by atoms with E-state index < -0.39 is 29.6 Å². The molecule has 0 aromatic rings. The van der Waals surface area contributed by atoms with E-state index in [4.69, 9.17) is 11.3 Å². The molecule has 1 aliphatic heterocycles. The van der Waals surface area contributed by atoms with E-state index in [0.29, 0.717) is 43.6 Å². The number of aliphatic carboxylic acids is 1. The molecule has 0 spiro atoms. The molecular weight excluding hydrogens is 534 g/mol. The van der Waals surface area contributed by atoms with Crippen LogP contribution in [0.2, 0.25) is 0 Å². The summed E-state index contributed by atoms with van der Waals surface area (Å²) in [4.78, 5) is 44.2. The van der Waals surface area contributed by atoms with Crippen molar-refractivity contribution >= 4 is 23.5 Å². The molecule has 3 saturated carbocycles. The number of rotatable bonds is 7. The van der Waals surface area contributed by atoms with Gasteiger partial charge in [0.05, 0.1) is 5.71 Å². The van der Waals surface area contributed by atoms with Gasteiger partial charge in [0.2, 0.25) is 5.91 Å². The van der Waals surface area contributed by atoms with Gasteiger partial charge >= 0.3 is 5.97 Å². The number of carbonyl (C=O) groups excluding carboxylic acids is 2. The van der Waals surface area contributed by atoms with Crippen LogP contribution in [0.3, 0.4) is 0 Å². The molecule has 2 amide bonds. The van der Waals surface area contributed by atoms with E-state index >= 15 is 0 Å². The molecule has 4 fully saturated rings. The van der Waals surface area contributed by atoms with Gasteiger partial charge in [-0.05, 0) is 99.4 Å². The van der Waals surface area contributed by atoms with Crippen LogP contribution in [-0.2, 0) is 19.2 Å². The fraction of sp³-hybridized carbons (Fsp3) is 0.758. The number of likely N-dealkylation sites (tertiary alicyclic amines) is 1. The van der Waals surface area contributed by atoms with Crippen molar-refractivity contribution in [3.8, 4) is 12.3 Å². The molecule has 230 valence electrons. The van der Waals surface area contributed by atoms with Crippen LogP contribution in [0.25, 0.3) is 0 Å². The van der Waals surface area contributed by atoms with Crippen LogP contribution < -0.4 is 5.32 Å². The molecule has 8 atom stereocenters. The van der Waals surface area contributed by atoms with Crippen LogP contribution in [-0.4, -0.2) is 69.4 Å². The SMILES string of the molecule is C#C[C@@]1(O)CC[C@@H]2[C@@H]3CCC4=C/C(=N/OCC(=O)N[C@@H](C(=O)N5CCC[C@H]5C(=O)O)C(C)C)CC[C@]4(C)[C@@H]3CC[C@@]21C. The number of amides is 2. The van der Waals surface area contributed by atoms with Gasteiger partial charge in [0.25, 0.3) is 5.91 Å². The van der Waals surface area contributed by atoms with E-state index in [-0.39, 0.29) is 29.3 Å². The Morgan fingerprint density at radius 3 is 2.57 bits per heavy atom. The second-order valence-electron chi connectivity index (χ2n) is 14.2. The molecule has 9 nitrogen and oxygen atoms in total. The number of nitrogens with zero attached hydrogens (tertiary/aromatic N) is 2. The van der Waals surface area contributed by atoms with Crippen LogP contribution in [0.4, 0.5) is 0 Å². The average Bonchev–Trinajstić information content (AvgIpc) is 3.55. The zero-order chi connectivity index (χ0) is 30.4. The summed E-state index contributed by atoms with van der Waals surface area (Å²) in [5, 5.41) is 27.7. The molecule has 9 heteroatoms. The van der Waals surface area contributed by atoms with Gasteiger partial charge in [-0.3, -0.25) is 9.59 Å². The van der Waals surface area contributed by atoms with E-state index in [1.54, 1.807) is 0 Å². The van der Waals surface area contributed by atoms with Crippen molar-refractivity contribution < 1.29 is 29.4 Å². The number of fused-ring (bicyclic) bond motifs is 5. The first-order chi connectivity index (χ1) is 19.8. The Morgan fingerprint density at radius 2 is 1.88 bits per heavy atom. The number of oxime groups is 1. The summed E-state index contributed by atoms with van der Waals surface area (Å²) < 4.78 is 0. The standard InChI is InChI=1S/C33H47N3O6/c1-6-33(41)16-13-25-23-10-9-21-18-22(11-14-31(21,4)24(23)12-15-32(25,33)5)35-42-19-27(37)34-28(20(2)3)29(38)36-17-7-8-26(36)30(39)40/h1,18,20,23-26,28,41H,7-17,19H2,2-5H3,(H,34,37)(H,39,40)/b35-22+/t23-,24-,25-,26+,28-,31+,32+,33-/m1/s1. The zero-order valence-corrected chi connectivity index (χ0v) is 25.5. The minimum Gasteiger partial charge on any atom is -0.480 e. The van der Waals surface area contributed by atoms with Gasteiger partial charge in [0.1, 0.15) is 17.7 Å². The molecule has 5 aliphatic rings. The predicted molar refractivity (Wildman–Crippen MR) is 158 cm³/mol. The maximum Gasteiger partial charge on any atom is 0.326 e. The van der Waals surface area contributed by atoms with Gasteiger partial charge in [-0.1, -0.05) is 44.3 Å². The van der Waals surface area contributed by atoms with Gasteiger partial charge in [0.15, 0.2) is 6.61 Å². The summed E-state index contributed by atoms with van der Waals surface area (Å²) in [5.74, 6) is 2.29. The fourth-order valence-electron chi connectivity index (χ4n) is 9.26. The molecule has 42 heavy (non-hydrogen) atoms. The highest BCUT2D eigenvalue weighted by Gasteiger charge is 2.63. The number of carboxylic acid groups (broad SMARTS) is 1. The van der Waals surface area contributed by atoms with Gasteiger partial charge in [0, 0.05) is 12.0 Å². The molecule has 0 bridgehead atoms. The second kappa shape index (κ2) is 11.3. The Morgan fingerprint density at radius 1 is 1.14 bits per heavy atom. The van der Waals surface area contributed by atoms with E-state index in [1.807, 2.05) is 13.8 Å². The van der Waals surface area contributed by atoms with Gasteiger partial charge in [-0.2, -0.15) is 0 Å². The van der Waals surface area contributed by atoms with Crippen LogP contribution in [0.15, 0.2) is 16.8 Å². The lowest BCUT2D eigenvalue weighted by molar-refractivity contribution is -0.150. The summed E-state index contributed by atoms with van der Waals surface area (Å²) in [6.45, 7) is 8.32. The molecule has 5 rings (SSSR count). The van der Waals surface area contributed by atoms with Crippen molar-refractivity contribution in [1.29, 1.82) is 0 Å². The molecule has 0 radical (unpaired) electrons. The molecule has 4 aliphatic carbocycles. The molecule has 0 unspecified atom stereocenters. The Kier molecular flexibility index (Phi) is 8.25. The fourth-order valence-corrected chi connectivity index (χ4v) is 9.26. The van der Waals surface area contributed by atoms with Crippen LogP contribution >= 0.6 is 0 Å². The lowest BCUT2D eigenvalue weighted by Crippen LogP contribution is -2.54. The Bertz CT molecular complexity index is 1220. The van der Waals surface area contributed by atoms with Crippen molar-refractivity contribution in [3.63, 3.8) is 0 Å². The third-order valence-corrected chi connectivity index (χ3v) is 11.8. The summed E-state index contributed by atoms with van der Waals surface area (Å²) in [7, 11) is 0. The maximum absolute atomic E-state index is 13.1. The van der Waals surface area contributed by atoms with Gasteiger partial charge < -0.3 is 25.3 Å². The lowest BCUT2D eigenvalue weighted by Gasteiger charge is -2.58. The number of carbonyl (C=O) groups is 3. The van der Waals surface area contributed by atoms with Crippen molar-refractivity contribution in [1.82, 2.24) is 10.2 Å². The van der Waals surface area contributed by atoms with E-state index in [9.17, 15) is 24.6 Å². The molecule has 0 aromatic carbocycles. The Hall–Kier alpha value is -2.86. The Labute approximate surface area is 249 Å². The van der Waals surface area contributed by atoms with E-state index in [1.165, 1.54) is 10.5 Å².